The number of piperidine rings is 1. The van der Waals surface area contributed by atoms with Crippen molar-refractivity contribution in [2.24, 2.45) is 5.92 Å². The van der Waals surface area contributed by atoms with Gasteiger partial charge in [0.25, 0.3) is 0 Å². The molecule has 0 bridgehead atoms. The van der Waals surface area contributed by atoms with Crippen molar-refractivity contribution in [1.82, 2.24) is 9.29 Å². The van der Waals surface area contributed by atoms with Crippen LogP contribution in [0.15, 0.2) is 28.5 Å². The Balaban J connectivity index is 1.40. The van der Waals surface area contributed by atoms with Crippen LogP contribution in [0.1, 0.15) is 18.5 Å². The van der Waals surface area contributed by atoms with Crippen LogP contribution >= 0.6 is 11.3 Å². The normalized spacial score (nSPS) is 18.0. The van der Waals surface area contributed by atoms with Gasteiger partial charge in [-0.3, -0.25) is 4.79 Å². The zero-order valence-electron chi connectivity index (χ0n) is 15.4. The van der Waals surface area contributed by atoms with Gasteiger partial charge in [0.15, 0.2) is 16.6 Å². The van der Waals surface area contributed by atoms with E-state index in [0.29, 0.717) is 55.8 Å². The van der Waals surface area contributed by atoms with Crippen molar-refractivity contribution in [2.75, 3.05) is 31.6 Å². The molecule has 0 spiro atoms. The van der Waals surface area contributed by atoms with E-state index in [0.717, 1.165) is 5.69 Å². The number of fused-ring (bicyclic) bond motifs is 1. The molecule has 0 aliphatic carbocycles. The number of thiazole rings is 1. The number of amides is 1. The highest BCUT2D eigenvalue weighted by Crippen LogP contribution is 2.34. The number of carbonyl (C=O) groups is 1. The molecule has 0 radical (unpaired) electrons. The third-order valence-corrected chi connectivity index (χ3v) is 7.60. The van der Waals surface area contributed by atoms with Gasteiger partial charge < -0.3 is 14.8 Å². The van der Waals surface area contributed by atoms with Gasteiger partial charge in [0.05, 0.1) is 10.6 Å². The molecule has 4 rings (SSSR count). The topological polar surface area (TPSA) is 97.8 Å². The monoisotopic (exact) mass is 423 g/mol. The minimum atomic E-state index is -3.64. The maximum atomic E-state index is 13.0. The molecule has 28 heavy (non-hydrogen) atoms. The number of sulfonamides is 1. The maximum Gasteiger partial charge on any atom is 0.243 e. The summed E-state index contributed by atoms with van der Waals surface area (Å²) in [6.07, 6.45) is 0.944. The lowest BCUT2D eigenvalue weighted by Gasteiger charge is -2.30. The molecule has 0 atom stereocenters. The summed E-state index contributed by atoms with van der Waals surface area (Å²) in [5, 5.41) is 5.27. The molecule has 1 amide bonds. The van der Waals surface area contributed by atoms with Crippen molar-refractivity contribution in [2.45, 2.75) is 24.7 Å². The Morgan fingerprint density at radius 2 is 1.93 bits per heavy atom. The van der Waals surface area contributed by atoms with Gasteiger partial charge in [-0.05, 0) is 31.9 Å². The fourth-order valence-electron chi connectivity index (χ4n) is 3.31. The Bertz CT molecular complexity index is 981. The fraction of sp³-hybridized carbons (Fsp3) is 0.444. The Hall–Kier alpha value is -2.17. The highest BCUT2D eigenvalue weighted by Gasteiger charge is 2.33. The smallest absolute Gasteiger partial charge is 0.243 e. The molecule has 0 saturated carbocycles. The number of anilines is 1. The predicted octanol–water partition coefficient (Wildman–Crippen LogP) is 2.26. The third-order valence-electron chi connectivity index (χ3n) is 4.83. The molecule has 3 heterocycles. The summed E-state index contributed by atoms with van der Waals surface area (Å²) in [5.74, 6) is 0.667. The van der Waals surface area contributed by atoms with Crippen molar-refractivity contribution >= 4 is 32.4 Å². The number of nitrogens with zero attached hydrogens (tertiary/aromatic N) is 2. The molecule has 1 fully saturated rings. The van der Waals surface area contributed by atoms with E-state index in [1.54, 1.807) is 6.07 Å². The highest BCUT2D eigenvalue weighted by molar-refractivity contribution is 7.89. The first-order valence-corrected chi connectivity index (χ1v) is 11.4. The SMILES string of the molecule is Cc1csc(NC(=O)C2CCN(S(=O)(=O)c3ccc4c(c3)OCCO4)CC2)n1. The first-order chi connectivity index (χ1) is 13.4. The zero-order valence-corrected chi connectivity index (χ0v) is 17.0. The number of hydrogen-bond acceptors (Lipinski definition) is 7. The van der Waals surface area contributed by atoms with Crippen LogP contribution in [0, 0.1) is 12.8 Å². The summed E-state index contributed by atoms with van der Waals surface area (Å²) in [6, 6.07) is 4.66. The molecule has 1 aromatic heterocycles. The van der Waals surface area contributed by atoms with Gasteiger partial charge in [0.2, 0.25) is 15.9 Å². The van der Waals surface area contributed by atoms with E-state index in [2.05, 4.69) is 10.3 Å². The maximum absolute atomic E-state index is 13.0. The molecule has 150 valence electrons. The van der Waals surface area contributed by atoms with E-state index in [1.807, 2.05) is 12.3 Å². The molecule has 8 nitrogen and oxygen atoms in total. The van der Waals surface area contributed by atoms with E-state index < -0.39 is 10.0 Å². The summed E-state index contributed by atoms with van der Waals surface area (Å²) >= 11 is 1.38. The molecule has 1 aromatic carbocycles. The molecular formula is C18H21N3O5S2. The van der Waals surface area contributed by atoms with Crippen LogP contribution in [0.4, 0.5) is 5.13 Å². The predicted molar refractivity (Wildman–Crippen MR) is 104 cm³/mol. The summed E-state index contributed by atoms with van der Waals surface area (Å²) in [4.78, 5) is 16.8. The van der Waals surface area contributed by atoms with E-state index in [4.69, 9.17) is 9.47 Å². The standard InChI is InChI=1S/C18H21N3O5S2/c1-12-11-27-18(19-12)20-17(22)13-4-6-21(7-5-13)28(23,24)14-2-3-15-16(10-14)26-9-8-25-15/h2-3,10-11,13H,4-9H2,1H3,(H,19,20,22). The Labute approximate surface area is 167 Å². The number of nitrogens with one attached hydrogen (secondary N) is 1. The van der Waals surface area contributed by atoms with Crippen molar-refractivity contribution in [1.29, 1.82) is 0 Å². The summed E-state index contributed by atoms with van der Waals surface area (Å²) in [7, 11) is -3.64. The number of benzene rings is 1. The second-order valence-corrected chi connectivity index (χ2v) is 9.56. The minimum Gasteiger partial charge on any atom is -0.486 e. The zero-order chi connectivity index (χ0) is 19.7. The van der Waals surface area contributed by atoms with E-state index in [-0.39, 0.29) is 16.7 Å². The van der Waals surface area contributed by atoms with Crippen molar-refractivity contribution in [3.05, 3.63) is 29.3 Å². The molecule has 10 heteroatoms. The quantitative estimate of drug-likeness (QED) is 0.810. The lowest BCUT2D eigenvalue weighted by Crippen LogP contribution is -2.41. The second kappa shape index (κ2) is 7.69. The lowest BCUT2D eigenvalue weighted by atomic mass is 9.97. The van der Waals surface area contributed by atoms with Crippen LogP contribution in [0.2, 0.25) is 0 Å². The lowest BCUT2D eigenvalue weighted by molar-refractivity contribution is -0.120. The first-order valence-electron chi connectivity index (χ1n) is 9.06. The largest absolute Gasteiger partial charge is 0.486 e. The van der Waals surface area contributed by atoms with Crippen LogP contribution in [-0.2, 0) is 14.8 Å². The fourth-order valence-corrected chi connectivity index (χ4v) is 5.49. The number of rotatable bonds is 4. The molecular weight excluding hydrogens is 402 g/mol. The van der Waals surface area contributed by atoms with Crippen molar-refractivity contribution in [3.63, 3.8) is 0 Å². The third kappa shape index (κ3) is 3.85. The number of hydrogen-bond donors (Lipinski definition) is 1. The van der Waals surface area contributed by atoms with Gasteiger partial charge >= 0.3 is 0 Å². The number of carbonyl (C=O) groups excluding carboxylic acids is 1. The Morgan fingerprint density at radius 1 is 1.21 bits per heavy atom. The van der Waals surface area contributed by atoms with Crippen molar-refractivity contribution in [3.8, 4) is 11.5 Å². The molecule has 2 aromatic rings. The van der Waals surface area contributed by atoms with Gasteiger partial charge in [-0.15, -0.1) is 11.3 Å². The van der Waals surface area contributed by atoms with Gasteiger partial charge in [-0.1, -0.05) is 0 Å². The van der Waals surface area contributed by atoms with E-state index in [1.165, 1.54) is 27.8 Å². The van der Waals surface area contributed by atoms with E-state index in [9.17, 15) is 13.2 Å². The second-order valence-electron chi connectivity index (χ2n) is 6.77. The average molecular weight is 424 g/mol. The molecule has 1 saturated heterocycles. The van der Waals surface area contributed by atoms with Crippen LogP contribution in [-0.4, -0.2) is 49.9 Å². The van der Waals surface area contributed by atoms with Gasteiger partial charge in [0.1, 0.15) is 13.2 Å². The molecule has 2 aliphatic rings. The average Bonchev–Trinajstić information content (AvgIpc) is 3.12. The van der Waals surface area contributed by atoms with Gasteiger partial charge in [-0.25, -0.2) is 13.4 Å². The Morgan fingerprint density at radius 3 is 2.61 bits per heavy atom. The van der Waals surface area contributed by atoms with Crippen LogP contribution in [0.5, 0.6) is 11.5 Å². The summed E-state index contributed by atoms with van der Waals surface area (Å²) < 4.78 is 38.3. The molecule has 0 unspecified atom stereocenters. The highest BCUT2D eigenvalue weighted by atomic mass is 32.2. The van der Waals surface area contributed by atoms with Crippen molar-refractivity contribution < 1.29 is 22.7 Å². The number of ether oxygens (including phenoxy) is 2. The van der Waals surface area contributed by atoms with Crippen LogP contribution in [0.25, 0.3) is 0 Å². The van der Waals surface area contributed by atoms with Crippen LogP contribution < -0.4 is 14.8 Å². The number of aryl methyl sites for hydroxylation is 1. The number of aromatic nitrogens is 1. The summed E-state index contributed by atoms with van der Waals surface area (Å²) in [6.45, 7) is 3.32. The van der Waals surface area contributed by atoms with E-state index >= 15 is 0 Å². The summed E-state index contributed by atoms with van der Waals surface area (Å²) in [5.41, 5.74) is 0.862. The molecule has 2 aliphatic heterocycles. The molecule has 1 N–H and O–H groups in total. The van der Waals surface area contributed by atoms with Crippen LogP contribution in [0.3, 0.4) is 0 Å². The van der Waals surface area contributed by atoms with Gasteiger partial charge in [-0.2, -0.15) is 4.31 Å². The minimum absolute atomic E-state index is 0.106. The Kier molecular flexibility index (Phi) is 5.26. The first kappa shape index (κ1) is 19.2. The van der Waals surface area contributed by atoms with Gasteiger partial charge in [0, 0.05) is 30.5 Å².